The van der Waals surface area contributed by atoms with Crippen LogP contribution in [0.5, 0.6) is 0 Å². The van der Waals surface area contributed by atoms with E-state index in [2.05, 4.69) is 29.2 Å². The number of rotatable bonds is 2. The van der Waals surface area contributed by atoms with E-state index in [1.165, 1.54) is 23.1 Å². The first-order chi connectivity index (χ1) is 8.29. The lowest BCUT2D eigenvalue weighted by Crippen LogP contribution is -1.96. The molecule has 88 valence electrons. The van der Waals surface area contributed by atoms with Crippen LogP contribution >= 0.6 is 0 Å². The van der Waals surface area contributed by atoms with Gasteiger partial charge in [-0.15, -0.1) is 0 Å². The zero-order valence-corrected chi connectivity index (χ0v) is 9.86. The first-order valence-electron chi connectivity index (χ1n) is 5.94. The highest BCUT2D eigenvalue weighted by molar-refractivity contribution is 5.64. The molecular formula is C13H15N3O. The molecule has 0 saturated carbocycles. The van der Waals surface area contributed by atoms with Gasteiger partial charge in [0.1, 0.15) is 0 Å². The number of fused-ring (bicyclic) bond motifs is 1. The van der Waals surface area contributed by atoms with Crippen LogP contribution in [0.1, 0.15) is 29.0 Å². The molecule has 4 heteroatoms. The minimum absolute atomic E-state index is 0.293. The molecule has 1 aromatic heterocycles. The molecule has 0 atom stereocenters. The van der Waals surface area contributed by atoms with Crippen molar-refractivity contribution in [2.24, 2.45) is 5.73 Å². The van der Waals surface area contributed by atoms with Crippen LogP contribution < -0.4 is 5.73 Å². The van der Waals surface area contributed by atoms with Gasteiger partial charge in [-0.3, -0.25) is 0 Å². The summed E-state index contributed by atoms with van der Waals surface area (Å²) >= 11 is 0. The Morgan fingerprint density at radius 3 is 2.88 bits per heavy atom. The third kappa shape index (κ3) is 1.65. The van der Waals surface area contributed by atoms with Gasteiger partial charge in [-0.25, -0.2) is 0 Å². The monoisotopic (exact) mass is 229 g/mol. The van der Waals surface area contributed by atoms with Crippen molar-refractivity contribution in [1.82, 2.24) is 10.1 Å². The van der Waals surface area contributed by atoms with Crippen LogP contribution in [0.25, 0.3) is 11.4 Å². The normalized spacial score (nSPS) is 14.0. The highest BCUT2D eigenvalue weighted by Gasteiger charge is 2.20. The van der Waals surface area contributed by atoms with Crippen LogP contribution in [0, 0.1) is 6.92 Å². The Hall–Kier alpha value is -1.68. The van der Waals surface area contributed by atoms with Crippen molar-refractivity contribution in [2.75, 3.05) is 0 Å². The summed E-state index contributed by atoms with van der Waals surface area (Å²) < 4.78 is 5.07. The molecule has 0 amide bonds. The van der Waals surface area contributed by atoms with E-state index in [0.717, 1.165) is 18.4 Å². The van der Waals surface area contributed by atoms with E-state index in [0.29, 0.717) is 18.3 Å². The van der Waals surface area contributed by atoms with E-state index in [-0.39, 0.29) is 0 Å². The fourth-order valence-corrected chi connectivity index (χ4v) is 2.54. The summed E-state index contributed by atoms with van der Waals surface area (Å²) in [4.78, 5) is 4.30. The summed E-state index contributed by atoms with van der Waals surface area (Å²) in [5.41, 5.74) is 10.8. The van der Waals surface area contributed by atoms with Crippen LogP contribution in [0.15, 0.2) is 16.7 Å². The van der Waals surface area contributed by atoms with Crippen molar-refractivity contribution < 1.29 is 4.52 Å². The molecule has 0 spiro atoms. The number of nitrogens with zero attached hydrogens (tertiary/aromatic N) is 2. The molecule has 17 heavy (non-hydrogen) atoms. The second-order valence-corrected chi connectivity index (χ2v) is 4.46. The zero-order chi connectivity index (χ0) is 11.8. The molecular weight excluding hydrogens is 214 g/mol. The Morgan fingerprint density at radius 1 is 1.29 bits per heavy atom. The molecule has 0 aliphatic heterocycles. The lowest BCUT2D eigenvalue weighted by molar-refractivity contribution is 0.380. The second kappa shape index (κ2) is 3.96. The largest absolute Gasteiger partial charge is 0.338 e. The molecule has 3 rings (SSSR count). The van der Waals surface area contributed by atoms with Crippen LogP contribution in [0.4, 0.5) is 0 Å². The third-order valence-electron chi connectivity index (χ3n) is 3.40. The van der Waals surface area contributed by atoms with Crippen molar-refractivity contribution in [2.45, 2.75) is 32.7 Å². The van der Waals surface area contributed by atoms with Gasteiger partial charge in [-0.05, 0) is 42.9 Å². The predicted molar refractivity (Wildman–Crippen MR) is 64.4 cm³/mol. The smallest absolute Gasteiger partial charge is 0.240 e. The van der Waals surface area contributed by atoms with E-state index in [1.54, 1.807) is 0 Å². The first kappa shape index (κ1) is 10.5. The zero-order valence-electron chi connectivity index (χ0n) is 9.86. The molecule has 1 aliphatic rings. The third-order valence-corrected chi connectivity index (χ3v) is 3.40. The van der Waals surface area contributed by atoms with E-state index >= 15 is 0 Å². The Morgan fingerprint density at radius 2 is 2.12 bits per heavy atom. The Kier molecular flexibility index (Phi) is 2.44. The Balaban J connectivity index is 2.12. The van der Waals surface area contributed by atoms with Crippen LogP contribution in [0.3, 0.4) is 0 Å². The maximum Gasteiger partial charge on any atom is 0.240 e. The Labute approximate surface area is 99.8 Å². The number of benzene rings is 1. The van der Waals surface area contributed by atoms with Gasteiger partial charge < -0.3 is 10.3 Å². The molecule has 1 aliphatic carbocycles. The second-order valence-electron chi connectivity index (χ2n) is 4.46. The van der Waals surface area contributed by atoms with Gasteiger partial charge in [0.15, 0.2) is 0 Å². The van der Waals surface area contributed by atoms with E-state index in [4.69, 9.17) is 10.3 Å². The van der Waals surface area contributed by atoms with Crippen molar-refractivity contribution in [3.05, 3.63) is 34.7 Å². The topological polar surface area (TPSA) is 64.9 Å². The minimum Gasteiger partial charge on any atom is -0.338 e. The van der Waals surface area contributed by atoms with E-state index in [1.807, 2.05) is 0 Å². The number of aryl methyl sites for hydroxylation is 1. The van der Waals surface area contributed by atoms with Gasteiger partial charge in [0.05, 0.1) is 6.54 Å². The molecule has 2 N–H and O–H groups in total. The van der Waals surface area contributed by atoms with Gasteiger partial charge >= 0.3 is 0 Å². The highest BCUT2D eigenvalue weighted by Crippen LogP contribution is 2.33. The van der Waals surface area contributed by atoms with Crippen LogP contribution in [-0.4, -0.2) is 10.1 Å². The van der Waals surface area contributed by atoms with Crippen LogP contribution in [-0.2, 0) is 19.4 Å². The number of nitrogens with two attached hydrogens (primary N) is 1. The molecule has 0 saturated heterocycles. The quantitative estimate of drug-likeness (QED) is 0.855. The summed E-state index contributed by atoms with van der Waals surface area (Å²) in [6, 6.07) is 4.22. The molecule has 4 nitrogen and oxygen atoms in total. The van der Waals surface area contributed by atoms with Crippen molar-refractivity contribution in [3.63, 3.8) is 0 Å². The predicted octanol–water partition coefficient (Wildman–Crippen LogP) is 1.99. The molecule has 1 aromatic carbocycles. The van der Waals surface area contributed by atoms with Crippen molar-refractivity contribution in [1.29, 1.82) is 0 Å². The highest BCUT2D eigenvalue weighted by atomic mass is 16.5. The van der Waals surface area contributed by atoms with E-state index < -0.39 is 0 Å². The number of hydrogen-bond acceptors (Lipinski definition) is 4. The minimum atomic E-state index is 0.293. The van der Waals surface area contributed by atoms with Crippen LogP contribution in [0.2, 0.25) is 0 Å². The van der Waals surface area contributed by atoms with Gasteiger partial charge in [0.2, 0.25) is 11.7 Å². The first-order valence-corrected chi connectivity index (χ1v) is 5.94. The molecule has 2 aromatic rings. The molecule has 0 fully saturated rings. The average molecular weight is 229 g/mol. The summed E-state index contributed by atoms with van der Waals surface area (Å²) in [7, 11) is 0. The standard InChI is InChI=1S/C13H15N3O/c1-8-5-6-11(10-4-2-3-9(8)10)13-15-12(7-14)17-16-13/h5-6H,2-4,7,14H2,1H3. The summed E-state index contributed by atoms with van der Waals surface area (Å²) in [6.45, 7) is 2.45. The van der Waals surface area contributed by atoms with Gasteiger partial charge in [-0.1, -0.05) is 17.3 Å². The summed E-state index contributed by atoms with van der Waals surface area (Å²) in [5.74, 6) is 1.16. The summed E-state index contributed by atoms with van der Waals surface area (Å²) in [5, 5.41) is 4.00. The number of hydrogen-bond donors (Lipinski definition) is 1. The maximum atomic E-state index is 5.48. The fourth-order valence-electron chi connectivity index (χ4n) is 2.54. The number of aromatic nitrogens is 2. The van der Waals surface area contributed by atoms with Crippen molar-refractivity contribution >= 4 is 0 Å². The molecule has 0 radical (unpaired) electrons. The molecule has 0 bridgehead atoms. The summed E-state index contributed by atoms with van der Waals surface area (Å²) in [6.07, 6.45) is 3.49. The Bertz CT molecular complexity index is 560. The van der Waals surface area contributed by atoms with Crippen molar-refractivity contribution in [3.8, 4) is 11.4 Å². The average Bonchev–Trinajstić information content (AvgIpc) is 2.98. The lowest BCUT2D eigenvalue weighted by Gasteiger charge is -2.07. The van der Waals surface area contributed by atoms with Gasteiger partial charge in [0, 0.05) is 5.56 Å². The molecule has 1 heterocycles. The van der Waals surface area contributed by atoms with Gasteiger partial charge in [-0.2, -0.15) is 4.98 Å². The maximum absolute atomic E-state index is 5.48. The molecule has 0 unspecified atom stereocenters. The SMILES string of the molecule is Cc1ccc(-c2noc(CN)n2)c2c1CCC2. The van der Waals surface area contributed by atoms with E-state index in [9.17, 15) is 0 Å². The fraction of sp³-hybridized carbons (Fsp3) is 0.385. The van der Waals surface area contributed by atoms with Gasteiger partial charge in [0.25, 0.3) is 0 Å². The lowest BCUT2D eigenvalue weighted by atomic mass is 9.98.